The van der Waals surface area contributed by atoms with Gasteiger partial charge in [-0.05, 0) is 66.6 Å². The van der Waals surface area contributed by atoms with E-state index in [1.54, 1.807) is 13.2 Å². The maximum absolute atomic E-state index is 13.1. The van der Waals surface area contributed by atoms with Gasteiger partial charge in [0.05, 0.1) is 5.56 Å². The molecule has 6 heteroatoms. The zero-order valence-corrected chi connectivity index (χ0v) is 21.1. The van der Waals surface area contributed by atoms with Crippen LogP contribution in [0.1, 0.15) is 46.9 Å². The summed E-state index contributed by atoms with van der Waals surface area (Å²) in [4.78, 5) is 28.4. The summed E-state index contributed by atoms with van der Waals surface area (Å²) in [5, 5.41) is 5.97. The Kier molecular flexibility index (Phi) is 8.74. The lowest BCUT2D eigenvalue weighted by atomic mass is 9.97. The van der Waals surface area contributed by atoms with E-state index in [9.17, 15) is 9.59 Å². The van der Waals surface area contributed by atoms with Crippen molar-refractivity contribution in [3.05, 3.63) is 83.9 Å². The van der Waals surface area contributed by atoms with Crippen molar-refractivity contribution >= 4 is 23.2 Å². The number of ether oxygens (including phenoxy) is 1. The predicted molar refractivity (Wildman–Crippen MR) is 146 cm³/mol. The van der Waals surface area contributed by atoms with E-state index >= 15 is 0 Å². The van der Waals surface area contributed by atoms with Crippen LogP contribution < -0.4 is 15.5 Å². The van der Waals surface area contributed by atoms with Gasteiger partial charge in [-0.15, -0.1) is 0 Å². The molecule has 3 aromatic carbocycles. The number of piperidine rings is 1. The fourth-order valence-electron chi connectivity index (χ4n) is 4.48. The van der Waals surface area contributed by atoms with E-state index in [2.05, 4.69) is 22.5 Å². The van der Waals surface area contributed by atoms with Gasteiger partial charge in [0.1, 0.15) is 0 Å². The van der Waals surface area contributed by atoms with Crippen molar-refractivity contribution in [2.24, 2.45) is 5.92 Å². The lowest BCUT2D eigenvalue weighted by Crippen LogP contribution is -2.35. The molecular weight excluding hydrogens is 450 g/mol. The van der Waals surface area contributed by atoms with Crippen molar-refractivity contribution in [3.8, 4) is 11.1 Å². The number of hydrogen-bond acceptors (Lipinski definition) is 4. The van der Waals surface area contributed by atoms with E-state index in [1.165, 1.54) is 0 Å². The van der Waals surface area contributed by atoms with Crippen LogP contribution in [0.2, 0.25) is 0 Å². The molecule has 0 spiro atoms. The Bertz CT molecular complexity index is 1150. The second kappa shape index (κ2) is 12.4. The molecule has 1 aliphatic heterocycles. The first-order valence-electron chi connectivity index (χ1n) is 12.7. The van der Waals surface area contributed by atoms with E-state index in [0.29, 0.717) is 35.9 Å². The Morgan fingerprint density at radius 2 is 1.61 bits per heavy atom. The predicted octanol–water partition coefficient (Wildman–Crippen LogP) is 5.61. The first-order chi connectivity index (χ1) is 17.5. The number of benzene rings is 3. The van der Waals surface area contributed by atoms with Crippen LogP contribution in [-0.2, 0) is 4.74 Å². The number of anilines is 2. The molecule has 0 aromatic heterocycles. The number of rotatable bonds is 9. The van der Waals surface area contributed by atoms with Gasteiger partial charge in [-0.2, -0.15) is 0 Å². The van der Waals surface area contributed by atoms with Crippen LogP contribution in [0, 0.1) is 5.92 Å². The smallest absolute Gasteiger partial charge is 0.255 e. The third-order valence-corrected chi connectivity index (χ3v) is 6.69. The fourth-order valence-corrected chi connectivity index (χ4v) is 4.48. The normalized spacial score (nSPS) is 13.9. The fraction of sp³-hybridized carbons (Fsp3) is 0.333. The van der Waals surface area contributed by atoms with Gasteiger partial charge in [0, 0.05) is 50.3 Å². The molecule has 0 radical (unpaired) electrons. The van der Waals surface area contributed by atoms with Crippen LogP contribution in [0.25, 0.3) is 11.1 Å². The molecule has 4 rings (SSSR count). The zero-order valence-electron chi connectivity index (χ0n) is 21.1. The molecule has 2 N–H and O–H groups in total. The summed E-state index contributed by atoms with van der Waals surface area (Å²) in [6.45, 7) is 5.24. The highest BCUT2D eigenvalue weighted by Gasteiger charge is 2.22. The van der Waals surface area contributed by atoms with Crippen molar-refractivity contribution in [3.63, 3.8) is 0 Å². The Balaban J connectivity index is 1.50. The van der Waals surface area contributed by atoms with Crippen LogP contribution in [-0.4, -0.2) is 45.2 Å². The first kappa shape index (κ1) is 25.5. The van der Waals surface area contributed by atoms with Crippen molar-refractivity contribution in [1.29, 1.82) is 0 Å². The largest absolute Gasteiger partial charge is 0.385 e. The summed E-state index contributed by atoms with van der Waals surface area (Å²) in [5.41, 5.74) is 4.82. The lowest BCUT2D eigenvalue weighted by molar-refractivity contribution is 0.0947. The Morgan fingerprint density at radius 1 is 0.917 bits per heavy atom. The van der Waals surface area contributed by atoms with E-state index in [0.717, 1.165) is 49.2 Å². The SMILES string of the molecule is COCCCNC(=O)c1cc(NC(=O)c2ccc(-c3ccccc3)cc2)ccc1N1CCC(C)CC1. The summed E-state index contributed by atoms with van der Waals surface area (Å²) < 4.78 is 5.09. The van der Waals surface area contributed by atoms with Gasteiger partial charge in [0.2, 0.25) is 0 Å². The van der Waals surface area contributed by atoms with Gasteiger partial charge in [0.25, 0.3) is 11.8 Å². The molecule has 0 atom stereocenters. The molecule has 3 aromatic rings. The van der Waals surface area contributed by atoms with E-state index < -0.39 is 0 Å². The summed E-state index contributed by atoms with van der Waals surface area (Å²) in [6.07, 6.45) is 2.95. The third kappa shape index (κ3) is 6.52. The first-order valence-corrected chi connectivity index (χ1v) is 12.7. The van der Waals surface area contributed by atoms with Gasteiger partial charge in [0.15, 0.2) is 0 Å². The minimum Gasteiger partial charge on any atom is -0.385 e. The van der Waals surface area contributed by atoms with E-state index in [4.69, 9.17) is 4.74 Å². The lowest BCUT2D eigenvalue weighted by Gasteiger charge is -2.33. The quantitative estimate of drug-likeness (QED) is 0.387. The maximum atomic E-state index is 13.1. The van der Waals surface area contributed by atoms with E-state index in [-0.39, 0.29) is 11.8 Å². The zero-order chi connectivity index (χ0) is 25.3. The highest BCUT2D eigenvalue weighted by molar-refractivity contribution is 6.06. The number of nitrogens with one attached hydrogen (secondary N) is 2. The Hall–Kier alpha value is -3.64. The van der Waals surface area contributed by atoms with Crippen LogP contribution in [0.5, 0.6) is 0 Å². The van der Waals surface area contributed by atoms with Crippen LogP contribution in [0.4, 0.5) is 11.4 Å². The number of carbonyl (C=O) groups is 2. The molecule has 6 nitrogen and oxygen atoms in total. The van der Waals surface area contributed by atoms with Crippen molar-refractivity contribution < 1.29 is 14.3 Å². The summed E-state index contributed by atoms with van der Waals surface area (Å²) in [6, 6.07) is 23.2. The van der Waals surface area contributed by atoms with Gasteiger partial charge in [-0.25, -0.2) is 0 Å². The molecule has 0 unspecified atom stereocenters. The van der Waals surface area contributed by atoms with Crippen LogP contribution >= 0.6 is 0 Å². The Morgan fingerprint density at radius 3 is 2.31 bits per heavy atom. The standard InChI is InChI=1S/C30H35N3O3/c1-22-15-18-33(19-16-22)28-14-13-26(21-27(28)30(35)31-17-6-20-36-2)32-29(34)25-11-9-24(10-12-25)23-7-4-3-5-8-23/h3-5,7-14,21-22H,6,15-20H2,1-2H3,(H,31,35)(H,32,34). The molecule has 1 fully saturated rings. The van der Waals surface area contributed by atoms with Gasteiger partial charge in [-0.1, -0.05) is 49.4 Å². The third-order valence-electron chi connectivity index (χ3n) is 6.69. The van der Waals surface area contributed by atoms with Crippen LogP contribution in [0.3, 0.4) is 0 Å². The van der Waals surface area contributed by atoms with Crippen molar-refractivity contribution in [2.75, 3.05) is 43.6 Å². The molecule has 188 valence electrons. The highest BCUT2D eigenvalue weighted by atomic mass is 16.5. The molecule has 0 aliphatic carbocycles. The molecule has 0 saturated carbocycles. The Labute approximate surface area is 213 Å². The van der Waals surface area contributed by atoms with E-state index in [1.807, 2.05) is 66.7 Å². The molecule has 1 heterocycles. The molecule has 2 amide bonds. The molecule has 0 bridgehead atoms. The van der Waals surface area contributed by atoms with Gasteiger partial charge < -0.3 is 20.3 Å². The average molecular weight is 486 g/mol. The average Bonchev–Trinajstić information content (AvgIpc) is 2.92. The minimum absolute atomic E-state index is 0.136. The second-order valence-corrected chi connectivity index (χ2v) is 9.40. The number of nitrogens with zero attached hydrogens (tertiary/aromatic N) is 1. The summed E-state index contributed by atoms with van der Waals surface area (Å²) in [7, 11) is 1.65. The summed E-state index contributed by atoms with van der Waals surface area (Å²) in [5.74, 6) is 0.350. The number of carbonyl (C=O) groups excluding carboxylic acids is 2. The van der Waals surface area contributed by atoms with Crippen molar-refractivity contribution in [1.82, 2.24) is 5.32 Å². The number of hydrogen-bond donors (Lipinski definition) is 2. The topological polar surface area (TPSA) is 70.7 Å². The van der Waals surface area contributed by atoms with Gasteiger partial charge >= 0.3 is 0 Å². The molecule has 1 saturated heterocycles. The minimum atomic E-state index is -0.208. The number of amides is 2. The molecule has 1 aliphatic rings. The molecule has 36 heavy (non-hydrogen) atoms. The molecular formula is C30H35N3O3. The van der Waals surface area contributed by atoms with Crippen molar-refractivity contribution in [2.45, 2.75) is 26.2 Å². The highest BCUT2D eigenvalue weighted by Crippen LogP contribution is 2.29. The van der Waals surface area contributed by atoms with Crippen LogP contribution in [0.15, 0.2) is 72.8 Å². The summed E-state index contributed by atoms with van der Waals surface area (Å²) >= 11 is 0. The second-order valence-electron chi connectivity index (χ2n) is 9.40. The number of methoxy groups -OCH3 is 1. The maximum Gasteiger partial charge on any atom is 0.255 e. The van der Waals surface area contributed by atoms with Gasteiger partial charge in [-0.3, -0.25) is 9.59 Å². The monoisotopic (exact) mass is 485 g/mol.